The number of benzene rings is 2. The Labute approximate surface area is 208 Å². The highest BCUT2D eigenvalue weighted by molar-refractivity contribution is 7.99. The molecule has 0 unspecified atom stereocenters. The average molecular weight is 493 g/mol. The highest BCUT2D eigenvalue weighted by atomic mass is 32.2. The predicted molar refractivity (Wildman–Crippen MR) is 135 cm³/mol. The number of thioether (sulfide) groups is 1. The van der Waals surface area contributed by atoms with Crippen LogP contribution in [-0.4, -0.2) is 71.7 Å². The van der Waals surface area contributed by atoms with Crippen molar-refractivity contribution < 1.29 is 14.3 Å². The number of carbonyl (C=O) groups excluding carboxylic acids is 2. The van der Waals surface area contributed by atoms with Crippen LogP contribution < -0.4 is 15.1 Å². The third kappa shape index (κ3) is 5.03. The first kappa shape index (κ1) is 23.4. The summed E-state index contributed by atoms with van der Waals surface area (Å²) in [5.74, 6) is -0.145. The van der Waals surface area contributed by atoms with Gasteiger partial charge in [0.25, 0.3) is 5.91 Å². The zero-order chi connectivity index (χ0) is 24.4. The van der Waals surface area contributed by atoms with Crippen LogP contribution in [0.3, 0.4) is 0 Å². The van der Waals surface area contributed by atoms with Gasteiger partial charge in [-0.25, -0.2) is 9.67 Å². The molecule has 2 atom stereocenters. The first-order chi connectivity index (χ1) is 17.0. The first-order valence-electron chi connectivity index (χ1n) is 11.6. The monoisotopic (exact) mass is 492 g/mol. The van der Waals surface area contributed by atoms with E-state index in [4.69, 9.17) is 4.74 Å². The Morgan fingerprint density at radius 2 is 2.06 bits per heavy atom. The fourth-order valence-electron chi connectivity index (χ4n) is 4.41. The average Bonchev–Trinajstić information content (AvgIpc) is 3.54. The SMILES string of the molecule is CO[C@@H]1CCN(c2ccc3c(c2)N(C)C(=O)[C@@H](NC(=O)c2ncn(Cc4ccccc4)n2)CS3)C1. The summed E-state index contributed by atoms with van der Waals surface area (Å²) in [7, 11) is 3.50. The topological polar surface area (TPSA) is 92.6 Å². The molecule has 1 fully saturated rings. The Morgan fingerprint density at radius 3 is 2.83 bits per heavy atom. The molecule has 2 aliphatic heterocycles. The molecule has 0 aliphatic carbocycles. The standard InChI is InChI=1S/C25H28N6O3S/c1-29-21-12-18(30-11-10-19(14-30)34-2)8-9-22(21)35-15-20(25(29)33)27-24(32)23-26-16-31(28-23)13-17-6-4-3-5-7-17/h3-9,12,16,19-20H,10-11,13-15H2,1-2H3,(H,27,32)/t19-,20+/m1/s1. The number of hydrogen-bond donors (Lipinski definition) is 1. The molecule has 0 spiro atoms. The van der Waals surface area contributed by atoms with Crippen molar-refractivity contribution in [1.29, 1.82) is 0 Å². The normalized spacial score (nSPS) is 20.0. The first-order valence-corrected chi connectivity index (χ1v) is 12.6. The van der Waals surface area contributed by atoms with Crippen LogP contribution in [0.4, 0.5) is 11.4 Å². The minimum atomic E-state index is -0.681. The van der Waals surface area contributed by atoms with Gasteiger partial charge in [0.05, 0.1) is 18.3 Å². The second-order valence-corrected chi connectivity index (χ2v) is 9.79. The maximum atomic E-state index is 13.3. The summed E-state index contributed by atoms with van der Waals surface area (Å²) in [4.78, 5) is 35.2. The quantitative estimate of drug-likeness (QED) is 0.565. The highest BCUT2D eigenvalue weighted by Crippen LogP contribution is 2.37. The van der Waals surface area contributed by atoms with Gasteiger partial charge in [-0.1, -0.05) is 30.3 Å². The minimum absolute atomic E-state index is 0.0483. The number of carbonyl (C=O) groups is 2. The van der Waals surface area contributed by atoms with Gasteiger partial charge in [0, 0.05) is 43.6 Å². The van der Waals surface area contributed by atoms with E-state index in [1.807, 2.05) is 30.3 Å². The number of rotatable bonds is 6. The Balaban J connectivity index is 1.26. The predicted octanol–water partition coefficient (Wildman–Crippen LogP) is 2.42. The molecule has 3 aromatic rings. The molecule has 2 amide bonds. The lowest BCUT2D eigenvalue weighted by Gasteiger charge is -2.24. The Kier molecular flexibility index (Phi) is 6.74. The molecule has 9 nitrogen and oxygen atoms in total. The van der Waals surface area contributed by atoms with E-state index >= 15 is 0 Å². The second kappa shape index (κ2) is 10.1. The fraction of sp³-hybridized carbons (Fsp3) is 0.360. The van der Waals surface area contributed by atoms with Crippen molar-refractivity contribution in [2.24, 2.45) is 0 Å². The maximum Gasteiger partial charge on any atom is 0.291 e. The zero-order valence-electron chi connectivity index (χ0n) is 19.8. The molecule has 0 radical (unpaired) electrons. The number of nitrogens with one attached hydrogen (secondary N) is 1. The molecule has 182 valence electrons. The molecule has 1 saturated heterocycles. The van der Waals surface area contributed by atoms with Gasteiger partial charge >= 0.3 is 0 Å². The van der Waals surface area contributed by atoms with Crippen LogP contribution in [0.15, 0.2) is 59.8 Å². The molecule has 0 bridgehead atoms. The zero-order valence-corrected chi connectivity index (χ0v) is 20.6. The Bertz CT molecular complexity index is 1220. The van der Waals surface area contributed by atoms with Crippen LogP contribution in [0.2, 0.25) is 0 Å². The molecule has 2 aromatic carbocycles. The maximum absolute atomic E-state index is 13.3. The summed E-state index contributed by atoms with van der Waals surface area (Å²) in [5, 5.41) is 7.13. The molecule has 5 rings (SSSR count). The molecule has 10 heteroatoms. The molecule has 1 N–H and O–H groups in total. The number of nitrogens with zero attached hydrogens (tertiary/aromatic N) is 5. The number of amides is 2. The minimum Gasteiger partial charge on any atom is -0.380 e. The van der Waals surface area contributed by atoms with E-state index in [1.54, 1.807) is 35.5 Å². The van der Waals surface area contributed by atoms with Crippen molar-refractivity contribution in [1.82, 2.24) is 20.1 Å². The fourth-order valence-corrected chi connectivity index (χ4v) is 5.49. The number of ether oxygens (including phenoxy) is 1. The number of fused-ring (bicyclic) bond motifs is 1. The third-order valence-corrected chi connectivity index (χ3v) is 7.57. The molecule has 1 aromatic heterocycles. The van der Waals surface area contributed by atoms with Gasteiger partial charge < -0.3 is 19.9 Å². The lowest BCUT2D eigenvalue weighted by molar-refractivity contribution is -0.119. The van der Waals surface area contributed by atoms with Gasteiger partial charge in [-0.3, -0.25) is 9.59 Å². The van der Waals surface area contributed by atoms with Gasteiger partial charge in [0.15, 0.2) is 0 Å². The molecule has 3 heterocycles. The number of aromatic nitrogens is 3. The van der Waals surface area contributed by atoms with Gasteiger partial charge in [0.2, 0.25) is 11.7 Å². The van der Waals surface area contributed by atoms with E-state index < -0.39 is 11.9 Å². The summed E-state index contributed by atoms with van der Waals surface area (Å²) in [6.07, 6.45) is 2.74. The summed E-state index contributed by atoms with van der Waals surface area (Å²) < 4.78 is 7.11. The van der Waals surface area contributed by atoms with Gasteiger partial charge in [-0.15, -0.1) is 16.9 Å². The van der Waals surface area contributed by atoms with E-state index in [-0.39, 0.29) is 17.8 Å². The van der Waals surface area contributed by atoms with Crippen LogP contribution in [0, 0.1) is 0 Å². The Hall–Kier alpha value is -3.37. The van der Waals surface area contributed by atoms with Crippen molar-refractivity contribution in [3.05, 3.63) is 66.2 Å². The summed E-state index contributed by atoms with van der Waals surface area (Å²) in [6.45, 7) is 2.27. The van der Waals surface area contributed by atoms with E-state index in [9.17, 15) is 9.59 Å². The largest absolute Gasteiger partial charge is 0.380 e. The van der Waals surface area contributed by atoms with Gasteiger partial charge in [-0.2, -0.15) is 0 Å². The summed E-state index contributed by atoms with van der Waals surface area (Å²) in [5.41, 5.74) is 2.98. The van der Waals surface area contributed by atoms with Crippen molar-refractivity contribution in [3.63, 3.8) is 0 Å². The van der Waals surface area contributed by atoms with Crippen molar-refractivity contribution in [3.8, 4) is 0 Å². The van der Waals surface area contributed by atoms with Crippen LogP contribution >= 0.6 is 11.8 Å². The Morgan fingerprint density at radius 1 is 1.23 bits per heavy atom. The molecular weight excluding hydrogens is 464 g/mol. The van der Waals surface area contributed by atoms with E-state index in [1.165, 1.54) is 6.33 Å². The molecular formula is C25H28N6O3S. The van der Waals surface area contributed by atoms with Crippen LogP contribution in [0.5, 0.6) is 0 Å². The van der Waals surface area contributed by atoms with Crippen molar-refractivity contribution in [2.75, 3.05) is 42.8 Å². The van der Waals surface area contributed by atoms with Crippen molar-refractivity contribution >= 4 is 35.0 Å². The highest BCUT2D eigenvalue weighted by Gasteiger charge is 2.32. The smallest absolute Gasteiger partial charge is 0.291 e. The molecule has 0 saturated carbocycles. The van der Waals surface area contributed by atoms with Crippen LogP contribution in [-0.2, 0) is 16.1 Å². The lowest BCUT2D eigenvalue weighted by atomic mass is 10.2. The summed E-state index contributed by atoms with van der Waals surface area (Å²) >= 11 is 1.56. The van der Waals surface area contributed by atoms with E-state index in [0.717, 1.165) is 41.3 Å². The number of anilines is 2. The van der Waals surface area contributed by atoms with E-state index in [2.05, 4.69) is 38.5 Å². The third-order valence-electron chi connectivity index (χ3n) is 6.41. The van der Waals surface area contributed by atoms with Crippen LogP contribution in [0.1, 0.15) is 22.6 Å². The molecule has 35 heavy (non-hydrogen) atoms. The molecule has 2 aliphatic rings. The summed E-state index contributed by atoms with van der Waals surface area (Å²) in [6, 6.07) is 15.3. The lowest BCUT2D eigenvalue weighted by Crippen LogP contribution is -2.48. The van der Waals surface area contributed by atoms with Crippen LogP contribution in [0.25, 0.3) is 0 Å². The van der Waals surface area contributed by atoms with Gasteiger partial charge in [0.1, 0.15) is 12.4 Å². The number of hydrogen-bond acceptors (Lipinski definition) is 7. The van der Waals surface area contributed by atoms with E-state index in [0.29, 0.717) is 12.3 Å². The van der Waals surface area contributed by atoms with Gasteiger partial charge in [-0.05, 0) is 30.2 Å². The van der Waals surface area contributed by atoms with Crippen molar-refractivity contribution in [2.45, 2.75) is 30.0 Å². The number of methoxy groups -OCH3 is 1. The number of likely N-dealkylation sites (N-methyl/N-ethyl adjacent to an activating group) is 1. The second-order valence-electron chi connectivity index (χ2n) is 8.73.